The predicted molar refractivity (Wildman–Crippen MR) is 192 cm³/mol. The minimum atomic E-state index is -1.89. The quantitative estimate of drug-likeness (QED) is 0.157. The van der Waals surface area contributed by atoms with Crippen LogP contribution in [0.25, 0.3) is 5.57 Å². The Hall–Kier alpha value is -2.92. The molecule has 0 aromatic heterocycles. The van der Waals surface area contributed by atoms with Crippen LogP contribution in [0, 0.1) is 17.8 Å². The molecule has 4 atom stereocenters. The predicted octanol–water partition coefficient (Wildman–Crippen LogP) is 10.3. The van der Waals surface area contributed by atoms with Crippen molar-refractivity contribution in [2.75, 3.05) is 26.0 Å². The Labute approximate surface area is 268 Å². The fourth-order valence-electron chi connectivity index (χ4n) is 10.2. The van der Waals surface area contributed by atoms with Gasteiger partial charge in [0.2, 0.25) is 0 Å². The van der Waals surface area contributed by atoms with Gasteiger partial charge < -0.3 is 4.90 Å². The summed E-state index contributed by atoms with van der Waals surface area (Å²) < 4.78 is 3.78. The summed E-state index contributed by atoms with van der Waals surface area (Å²) in [6, 6.07) is 28.8. The molecule has 0 aliphatic heterocycles. The second-order valence-corrected chi connectivity index (χ2v) is 21.0. The number of allylic oxidation sites excluding steroid dienone is 4. The molecule has 0 saturated heterocycles. The molecule has 0 bridgehead atoms. The highest BCUT2D eigenvalue weighted by Gasteiger charge is 2.58. The maximum absolute atomic E-state index is 2.89. The number of fused-ring (bicyclic) bond motifs is 4. The fourth-order valence-corrected chi connectivity index (χ4v) is 16.5. The molecule has 3 aliphatic carbocycles. The Balaban J connectivity index is 1.43. The van der Waals surface area contributed by atoms with Gasteiger partial charge >= 0.3 is 0 Å². The highest BCUT2D eigenvalue weighted by molar-refractivity contribution is 6.76. The summed E-state index contributed by atoms with van der Waals surface area (Å²) in [6.07, 6.45) is 6.76. The molecule has 0 amide bonds. The third kappa shape index (κ3) is 5.04. The van der Waals surface area contributed by atoms with Crippen LogP contribution in [-0.4, -0.2) is 44.2 Å². The average molecular weight is 605 g/mol. The van der Waals surface area contributed by atoms with E-state index in [1.54, 1.807) is 5.57 Å². The van der Waals surface area contributed by atoms with Crippen molar-refractivity contribution >= 4 is 30.9 Å². The van der Waals surface area contributed by atoms with Crippen molar-refractivity contribution in [1.82, 2.24) is 4.67 Å². The molecule has 0 heterocycles. The lowest BCUT2D eigenvalue weighted by Gasteiger charge is -2.55. The lowest BCUT2D eigenvalue weighted by Crippen LogP contribution is -2.72. The summed E-state index contributed by atoms with van der Waals surface area (Å²) in [6.45, 7) is 20.0. The number of hydrogen-bond donors (Lipinski definition) is 0. The Bertz CT molecular complexity index is 1530. The van der Waals surface area contributed by atoms with E-state index in [0.29, 0.717) is 23.3 Å². The van der Waals surface area contributed by atoms with Crippen LogP contribution >= 0.6 is 0 Å². The van der Waals surface area contributed by atoms with Gasteiger partial charge in [-0.3, -0.25) is 4.59 Å². The van der Waals surface area contributed by atoms with Crippen LogP contribution in [0.5, 0.6) is 0 Å². The zero-order chi connectivity index (χ0) is 31.8. The highest BCUT2D eigenvalue weighted by Crippen LogP contribution is 2.61. The summed E-state index contributed by atoms with van der Waals surface area (Å²) >= 11 is 0. The normalized spacial score (nSPS) is 24.4. The maximum atomic E-state index is 2.89. The standard InChI is InChI=1S/C40H54N3Si/c1-28-24-29-25-35-33-23-22-32(41(30-18-14-12-15-19-30)31-20-16-13-17-21-31)26-36(33)40(5,6)37(35)27-34(29)38(28)44(10,11)42(39(2,3)4)43(7,8)9/h12-23,25-29,34,38H,24H2,1-11H3/q+1. The van der Waals surface area contributed by atoms with Crippen molar-refractivity contribution in [2.24, 2.45) is 17.8 Å². The number of anilines is 3. The second kappa shape index (κ2) is 10.6. The largest absolute Gasteiger partial charge is 0.310 e. The van der Waals surface area contributed by atoms with Gasteiger partial charge in [-0.05, 0) is 109 Å². The van der Waals surface area contributed by atoms with Crippen LogP contribution in [0.2, 0.25) is 18.6 Å². The van der Waals surface area contributed by atoms with Crippen LogP contribution < -0.4 is 4.90 Å². The first kappa shape index (κ1) is 31.1. The molecule has 0 N–H and O–H groups in total. The van der Waals surface area contributed by atoms with Gasteiger partial charge in [0.25, 0.3) is 0 Å². The van der Waals surface area contributed by atoms with E-state index in [4.69, 9.17) is 0 Å². The van der Waals surface area contributed by atoms with Crippen molar-refractivity contribution in [3.8, 4) is 0 Å². The molecule has 0 spiro atoms. The fraction of sp³-hybridized carbons (Fsp3) is 0.450. The van der Waals surface area contributed by atoms with E-state index >= 15 is 0 Å². The summed E-state index contributed by atoms with van der Waals surface area (Å²) in [4.78, 5) is 2.40. The molecular weight excluding hydrogens is 551 g/mol. The topological polar surface area (TPSA) is 6.48 Å². The van der Waals surface area contributed by atoms with Crippen molar-refractivity contribution in [1.29, 1.82) is 0 Å². The van der Waals surface area contributed by atoms with Gasteiger partial charge in [-0.25, -0.2) is 0 Å². The smallest absolute Gasteiger partial charge is 0.191 e. The van der Waals surface area contributed by atoms with E-state index in [1.807, 2.05) is 0 Å². The first-order valence-corrected chi connectivity index (χ1v) is 19.7. The number of hydrogen-bond acceptors (Lipinski definition) is 2. The van der Waals surface area contributed by atoms with E-state index in [9.17, 15) is 0 Å². The zero-order valence-electron chi connectivity index (χ0n) is 29.0. The van der Waals surface area contributed by atoms with Crippen LogP contribution in [0.1, 0.15) is 59.1 Å². The van der Waals surface area contributed by atoms with Gasteiger partial charge in [-0.15, -0.1) is 0 Å². The minimum Gasteiger partial charge on any atom is -0.310 e. The number of nitrogens with zero attached hydrogens (tertiary/aromatic N) is 3. The first-order chi connectivity index (χ1) is 20.5. The number of benzene rings is 3. The minimum absolute atomic E-state index is 0.0485. The van der Waals surface area contributed by atoms with Gasteiger partial charge in [0.05, 0.1) is 26.7 Å². The van der Waals surface area contributed by atoms with Crippen LogP contribution in [0.15, 0.2) is 96.6 Å². The number of para-hydroxylation sites is 2. The number of quaternary nitrogens is 1. The van der Waals surface area contributed by atoms with Crippen molar-refractivity contribution in [3.05, 3.63) is 108 Å². The summed E-state index contributed by atoms with van der Waals surface area (Å²) in [5.74, 6) is 1.92. The van der Waals surface area contributed by atoms with E-state index in [-0.39, 0.29) is 11.0 Å². The molecular formula is C40H54N3Si+. The Morgan fingerprint density at radius 3 is 1.89 bits per heavy atom. The third-order valence-corrected chi connectivity index (χ3v) is 15.7. The van der Waals surface area contributed by atoms with E-state index in [2.05, 4.69) is 176 Å². The van der Waals surface area contributed by atoms with Crippen molar-refractivity contribution in [2.45, 2.75) is 77.6 Å². The lowest BCUT2D eigenvalue weighted by molar-refractivity contribution is -0.978. The van der Waals surface area contributed by atoms with Gasteiger partial charge in [0, 0.05) is 22.5 Å². The molecule has 44 heavy (non-hydrogen) atoms. The second-order valence-electron chi connectivity index (χ2n) is 16.6. The molecule has 6 rings (SSSR count). The summed E-state index contributed by atoms with van der Waals surface area (Å²) in [5.41, 5.74) is 10.3. The molecule has 0 radical (unpaired) electrons. The molecule has 4 heteroatoms. The van der Waals surface area contributed by atoms with Gasteiger partial charge in [-0.2, -0.15) is 4.67 Å². The molecule has 3 aromatic carbocycles. The monoisotopic (exact) mass is 604 g/mol. The van der Waals surface area contributed by atoms with Crippen LogP contribution in [0.3, 0.4) is 0 Å². The van der Waals surface area contributed by atoms with Crippen LogP contribution in [0.4, 0.5) is 17.1 Å². The molecule has 4 unspecified atom stereocenters. The zero-order valence-corrected chi connectivity index (χ0v) is 30.0. The molecule has 1 saturated carbocycles. The lowest BCUT2D eigenvalue weighted by atomic mass is 9.76. The number of rotatable bonds is 6. The summed E-state index contributed by atoms with van der Waals surface area (Å²) in [5, 5.41) is 0. The Morgan fingerprint density at radius 1 is 0.795 bits per heavy atom. The molecule has 232 valence electrons. The van der Waals surface area contributed by atoms with Gasteiger partial charge in [0.15, 0.2) is 8.24 Å². The Morgan fingerprint density at radius 2 is 1.36 bits per heavy atom. The molecule has 3 nitrogen and oxygen atoms in total. The highest BCUT2D eigenvalue weighted by atomic mass is 28.3. The van der Waals surface area contributed by atoms with E-state index in [1.165, 1.54) is 40.2 Å². The SMILES string of the molecule is CC1CC2C=C3C(=CC2C1[Si](C)(C)N(C(C)(C)C)[N+](C)(C)C)C(C)(C)c1cc(N(c2ccccc2)c2ccccc2)ccc13. The van der Waals surface area contributed by atoms with Crippen molar-refractivity contribution < 1.29 is 4.59 Å². The van der Waals surface area contributed by atoms with Crippen LogP contribution in [-0.2, 0) is 5.41 Å². The third-order valence-electron chi connectivity index (χ3n) is 10.7. The van der Waals surface area contributed by atoms with Gasteiger partial charge in [-0.1, -0.05) is 88.5 Å². The van der Waals surface area contributed by atoms with E-state index < -0.39 is 8.24 Å². The summed E-state index contributed by atoms with van der Waals surface area (Å²) in [7, 11) is 5.23. The maximum Gasteiger partial charge on any atom is 0.191 e. The molecule has 3 aliphatic rings. The molecule has 3 aromatic rings. The molecule has 1 fully saturated rings. The average Bonchev–Trinajstić information content (AvgIpc) is 3.37. The van der Waals surface area contributed by atoms with Crippen molar-refractivity contribution in [3.63, 3.8) is 0 Å². The Kier molecular flexibility index (Phi) is 7.47. The van der Waals surface area contributed by atoms with Gasteiger partial charge in [0.1, 0.15) is 0 Å². The first-order valence-electron chi connectivity index (χ1n) is 16.6. The van der Waals surface area contributed by atoms with E-state index in [0.717, 1.165) is 4.59 Å².